The molecule has 0 saturated carbocycles. The summed E-state index contributed by atoms with van der Waals surface area (Å²) >= 11 is 0. The van der Waals surface area contributed by atoms with Crippen LogP contribution in [0.5, 0.6) is 0 Å². The van der Waals surface area contributed by atoms with Crippen LogP contribution in [0, 0.1) is 6.92 Å². The Morgan fingerprint density at radius 3 is 2.67 bits per heavy atom. The quantitative estimate of drug-likeness (QED) is 0.410. The van der Waals surface area contributed by atoms with E-state index in [9.17, 15) is 4.79 Å². The van der Waals surface area contributed by atoms with Crippen molar-refractivity contribution in [1.82, 2.24) is 0 Å². The number of carbonyl (C=O) groups excluding carboxylic acids is 1. The summed E-state index contributed by atoms with van der Waals surface area (Å²) in [6.07, 6.45) is 1.23. The van der Waals surface area contributed by atoms with Crippen LogP contribution in [-0.4, -0.2) is 12.6 Å². The van der Waals surface area contributed by atoms with Gasteiger partial charge in [0.25, 0.3) is 0 Å². The van der Waals surface area contributed by atoms with Crippen LogP contribution in [0.2, 0.25) is 0 Å². The second-order valence-electron chi connectivity index (χ2n) is 1.57. The van der Waals surface area contributed by atoms with E-state index in [1.54, 1.807) is 13.8 Å². The standard InChI is InChI=1S/C7H10O2/c1-4-6(3)7(8)9-5-2/h1,4H,5H2,2-3H3/b6-4-. The molecular formula is C7H10O2. The molecular weight excluding hydrogens is 116 g/mol. The van der Waals surface area contributed by atoms with Crippen LogP contribution in [0.1, 0.15) is 13.8 Å². The second-order valence-corrected chi connectivity index (χ2v) is 1.57. The molecule has 0 aromatic carbocycles. The third kappa shape index (κ3) is 2.90. The summed E-state index contributed by atoms with van der Waals surface area (Å²) in [4.78, 5) is 10.6. The Balaban J connectivity index is 3.74. The molecule has 2 nitrogen and oxygen atoms in total. The Bertz CT molecular complexity index is 125. The lowest BCUT2D eigenvalue weighted by Gasteiger charge is -1.98. The SMILES string of the molecule is [CH]/C=C(/C)C(=O)OCC. The van der Waals surface area contributed by atoms with Crippen molar-refractivity contribution in [3.05, 3.63) is 18.6 Å². The predicted molar refractivity (Wildman–Crippen MR) is 34.7 cm³/mol. The first-order valence-corrected chi connectivity index (χ1v) is 2.78. The van der Waals surface area contributed by atoms with E-state index in [0.29, 0.717) is 12.2 Å². The van der Waals surface area contributed by atoms with Gasteiger partial charge in [0.2, 0.25) is 0 Å². The van der Waals surface area contributed by atoms with Gasteiger partial charge in [-0.1, -0.05) is 6.08 Å². The molecule has 0 bridgehead atoms. The van der Waals surface area contributed by atoms with Gasteiger partial charge in [0, 0.05) is 5.57 Å². The van der Waals surface area contributed by atoms with Crippen molar-refractivity contribution in [2.24, 2.45) is 0 Å². The normalized spacial score (nSPS) is 11.2. The lowest BCUT2D eigenvalue weighted by molar-refractivity contribution is -0.138. The van der Waals surface area contributed by atoms with Gasteiger partial charge >= 0.3 is 5.97 Å². The Hall–Kier alpha value is -0.790. The molecule has 9 heavy (non-hydrogen) atoms. The van der Waals surface area contributed by atoms with Crippen LogP contribution >= 0.6 is 0 Å². The molecule has 0 saturated heterocycles. The molecule has 0 N–H and O–H groups in total. The topological polar surface area (TPSA) is 26.3 Å². The van der Waals surface area contributed by atoms with Crippen molar-refractivity contribution in [2.75, 3.05) is 6.61 Å². The average Bonchev–Trinajstić information content (AvgIpc) is 1.87. The van der Waals surface area contributed by atoms with E-state index in [0.717, 1.165) is 0 Å². The van der Waals surface area contributed by atoms with Crippen molar-refractivity contribution < 1.29 is 9.53 Å². The fourth-order valence-electron chi connectivity index (χ4n) is 0.313. The van der Waals surface area contributed by atoms with E-state index < -0.39 is 0 Å². The van der Waals surface area contributed by atoms with Crippen molar-refractivity contribution in [2.45, 2.75) is 13.8 Å². The lowest BCUT2D eigenvalue weighted by Crippen LogP contribution is -2.04. The Labute approximate surface area is 55.5 Å². The van der Waals surface area contributed by atoms with Gasteiger partial charge in [-0.05, 0) is 20.8 Å². The maximum atomic E-state index is 10.6. The van der Waals surface area contributed by atoms with Crippen LogP contribution < -0.4 is 0 Å². The highest BCUT2D eigenvalue weighted by Crippen LogP contribution is 1.93. The van der Waals surface area contributed by atoms with E-state index in [-0.39, 0.29) is 5.97 Å². The molecule has 0 spiro atoms. The summed E-state index contributed by atoms with van der Waals surface area (Å²) in [6.45, 7) is 8.79. The van der Waals surface area contributed by atoms with Crippen molar-refractivity contribution in [1.29, 1.82) is 0 Å². The van der Waals surface area contributed by atoms with Gasteiger partial charge in [-0.15, -0.1) is 0 Å². The highest BCUT2D eigenvalue weighted by atomic mass is 16.5. The third-order valence-corrected chi connectivity index (χ3v) is 0.847. The predicted octanol–water partition coefficient (Wildman–Crippen LogP) is 1.21. The molecule has 0 unspecified atom stereocenters. The van der Waals surface area contributed by atoms with Gasteiger partial charge < -0.3 is 4.74 Å². The van der Waals surface area contributed by atoms with Crippen molar-refractivity contribution in [3.63, 3.8) is 0 Å². The number of carbonyl (C=O) groups is 1. The summed E-state index contributed by atoms with van der Waals surface area (Å²) < 4.78 is 4.61. The molecule has 0 atom stereocenters. The lowest BCUT2D eigenvalue weighted by atomic mass is 10.3. The van der Waals surface area contributed by atoms with Crippen molar-refractivity contribution in [3.8, 4) is 0 Å². The molecule has 0 aromatic heterocycles. The molecule has 2 heteroatoms. The van der Waals surface area contributed by atoms with Crippen LogP contribution in [0.4, 0.5) is 0 Å². The second kappa shape index (κ2) is 4.13. The summed E-state index contributed by atoms with van der Waals surface area (Å²) in [5.74, 6) is -0.347. The molecule has 0 fully saturated rings. The number of allylic oxidation sites excluding steroid dienone is 1. The Morgan fingerprint density at radius 1 is 1.78 bits per heavy atom. The zero-order valence-electron chi connectivity index (χ0n) is 5.68. The first-order valence-electron chi connectivity index (χ1n) is 2.78. The van der Waals surface area contributed by atoms with E-state index in [1.807, 2.05) is 0 Å². The zero-order chi connectivity index (χ0) is 7.28. The molecule has 0 aliphatic heterocycles. The molecule has 0 aromatic rings. The zero-order valence-corrected chi connectivity index (χ0v) is 5.68. The summed E-state index contributed by atoms with van der Waals surface area (Å²) in [7, 11) is 0. The molecule has 50 valence electrons. The van der Waals surface area contributed by atoms with E-state index in [2.05, 4.69) is 4.74 Å². The van der Waals surface area contributed by atoms with E-state index in [4.69, 9.17) is 6.92 Å². The largest absolute Gasteiger partial charge is 0.463 e. The number of esters is 1. The van der Waals surface area contributed by atoms with Crippen molar-refractivity contribution >= 4 is 5.97 Å². The number of ether oxygens (including phenoxy) is 1. The number of hydrogen-bond acceptors (Lipinski definition) is 2. The first kappa shape index (κ1) is 8.21. The summed E-state index contributed by atoms with van der Waals surface area (Å²) in [5, 5.41) is 0. The van der Waals surface area contributed by atoms with Gasteiger partial charge in [-0.25, -0.2) is 4.79 Å². The third-order valence-electron chi connectivity index (χ3n) is 0.847. The van der Waals surface area contributed by atoms with Gasteiger partial charge in [0.1, 0.15) is 0 Å². The fourth-order valence-corrected chi connectivity index (χ4v) is 0.313. The molecule has 0 amide bonds. The van der Waals surface area contributed by atoms with Crippen LogP contribution in [0.25, 0.3) is 0 Å². The minimum atomic E-state index is -0.347. The monoisotopic (exact) mass is 126 g/mol. The van der Waals surface area contributed by atoms with Crippen LogP contribution in [-0.2, 0) is 9.53 Å². The van der Waals surface area contributed by atoms with Crippen LogP contribution in [0.15, 0.2) is 11.6 Å². The highest BCUT2D eigenvalue weighted by Gasteiger charge is 2.00. The first-order chi connectivity index (χ1) is 4.22. The number of rotatable bonds is 2. The Kier molecular flexibility index (Phi) is 3.76. The van der Waals surface area contributed by atoms with Gasteiger partial charge in [-0.3, -0.25) is 0 Å². The van der Waals surface area contributed by atoms with Gasteiger partial charge in [0.05, 0.1) is 6.61 Å². The van der Waals surface area contributed by atoms with Gasteiger partial charge in [0.15, 0.2) is 0 Å². The minimum Gasteiger partial charge on any atom is -0.463 e. The molecule has 0 rings (SSSR count). The molecule has 2 radical (unpaired) electrons. The molecule has 0 aliphatic carbocycles. The smallest absolute Gasteiger partial charge is 0.333 e. The molecule has 0 heterocycles. The Morgan fingerprint density at radius 2 is 2.33 bits per heavy atom. The number of hydrogen-bond donors (Lipinski definition) is 0. The highest BCUT2D eigenvalue weighted by molar-refractivity contribution is 5.87. The van der Waals surface area contributed by atoms with Crippen LogP contribution in [0.3, 0.4) is 0 Å². The minimum absolute atomic E-state index is 0.347. The van der Waals surface area contributed by atoms with E-state index in [1.165, 1.54) is 6.08 Å². The summed E-state index contributed by atoms with van der Waals surface area (Å²) in [6, 6.07) is 0. The van der Waals surface area contributed by atoms with E-state index >= 15 is 0 Å². The maximum absolute atomic E-state index is 10.6. The maximum Gasteiger partial charge on any atom is 0.333 e. The average molecular weight is 126 g/mol. The molecule has 0 aliphatic rings. The summed E-state index contributed by atoms with van der Waals surface area (Å²) in [5.41, 5.74) is 0.442. The van der Waals surface area contributed by atoms with Gasteiger partial charge in [-0.2, -0.15) is 0 Å². The fraction of sp³-hybridized carbons (Fsp3) is 0.429.